The van der Waals surface area contributed by atoms with E-state index in [1.807, 2.05) is 85.9 Å². The highest BCUT2D eigenvalue weighted by atomic mass is 79.9. The Balaban J connectivity index is 1.69. The van der Waals surface area contributed by atoms with Crippen LogP contribution in [0.5, 0.6) is 0 Å². The van der Waals surface area contributed by atoms with E-state index in [0.29, 0.717) is 5.56 Å². The van der Waals surface area contributed by atoms with Gasteiger partial charge in [0, 0.05) is 21.2 Å². The summed E-state index contributed by atoms with van der Waals surface area (Å²) >= 11 is 3.44. The molecule has 2 amide bonds. The fourth-order valence-corrected chi connectivity index (χ4v) is 3.82. The van der Waals surface area contributed by atoms with Gasteiger partial charge >= 0.3 is 5.91 Å². The number of nitrogens with one attached hydrogen (secondary N) is 2. The van der Waals surface area contributed by atoms with Crippen molar-refractivity contribution in [3.05, 3.63) is 106 Å². The molecule has 1 aliphatic heterocycles. The third-order valence-electron chi connectivity index (χ3n) is 5.00. The van der Waals surface area contributed by atoms with Crippen LogP contribution >= 0.6 is 15.9 Å². The number of carbonyl (C=O) groups is 2. The van der Waals surface area contributed by atoms with Crippen molar-refractivity contribution in [3.8, 4) is 0 Å². The molecule has 6 heteroatoms. The highest BCUT2D eigenvalue weighted by Gasteiger charge is 2.47. The van der Waals surface area contributed by atoms with Crippen molar-refractivity contribution in [1.29, 1.82) is 0 Å². The van der Waals surface area contributed by atoms with E-state index in [2.05, 4.69) is 26.7 Å². The van der Waals surface area contributed by atoms with Gasteiger partial charge in [-0.05, 0) is 43.3 Å². The molecule has 0 aliphatic carbocycles. The Labute approximate surface area is 183 Å². The van der Waals surface area contributed by atoms with Gasteiger partial charge in [0.1, 0.15) is 0 Å². The number of amides is 2. The van der Waals surface area contributed by atoms with Crippen LogP contribution in [0.2, 0.25) is 0 Å². The molecule has 1 fully saturated rings. The number of hydrogen-bond acceptors (Lipinski definition) is 2. The molecule has 3 aromatic rings. The number of nitrogens with zero attached hydrogens (tertiary/aromatic N) is 1. The van der Waals surface area contributed by atoms with E-state index in [0.717, 1.165) is 21.2 Å². The summed E-state index contributed by atoms with van der Waals surface area (Å²) in [6.07, 6.45) is 1.88. The van der Waals surface area contributed by atoms with Crippen LogP contribution in [-0.2, 0) is 4.79 Å². The number of benzene rings is 3. The van der Waals surface area contributed by atoms with Crippen LogP contribution < -0.4 is 10.7 Å². The first-order valence-electron chi connectivity index (χ1n) is 9.63. The van der Waals surface area contributed by atoms with Crippen LogP contribution in [0.25, 0.3) is 0 Å². The summed E-state index contributed by atoms with van der Waals surface area (Å²) in [5, 5.41) is 2.93. The number of hydrogen-bond donors (Lipinski definition) is 2. The normalized spacial score (nSPS) is 19.5. The maximum atomic E-state index is 12.9. The third-order valence-corrected chi connectivity index (χ3v) is 5.53. The second-order valence-corrected chi connectivity index (χ2v) is 8.16. The second-order valence-electron chi connectivity index (χ2n) is 7.24. The van der Waals surface area contributed by atoms with Gasteiger partial charge in [-0.1, -0.05) is 64.0 Å². The molecular formula is C24H21BrN3O2+. The minimum atomic E-state index is -0.730. The lowest BCUT2D eigenvalue weighted by atomic mass is 9.99. The van der Waals surface area contributed by atoms with Gasteiger partial charge in [-0.15, -0.1) is 10.1 Å². The van der Waals surface area contributed by atoms with Crippen molar-refractivity contribution in [2.24, 2.45) is 0 Å². The summed E-state index contributed by atoms with van der Waals surface area (Å²) in [5.41, 5.74) is 6.28. The maximum Gasteiger partial charge on any atom is 0.304 e. The highest BCUT2D eigenvalue weighted by Crippen LogP contribution is 2.25. The third kappa shape index (κ3) is 4.33. The van der Waals surface area contributed by atoms with Gasteiger partial charge < -0.3 is 5.32 Å². The van der Waals surface area contributed by atoms with Crippen molar-refractivity contribution < 1.29 is 14.3 Å². The van der Waals surface area contributed by atoms with Crippen LogP contribution in [0.4, 0.5) is 0 Å². The molecule has 3 aromatic carbocycles. The van der Waals surface area contributed by atoms with Crippen molar-refractivity contribution in [2.45, 2.75) is 19.0 Å². The number of aryl methyl sites for hydroxylation is 1. The zero-order valence-corrected chi connectivity index (χ0v) is 18.0. The molecule has 0 spiro atoms. The molecule has 1 aliphatic rings. The summed E-state index contributed by atoms with van der Waals surface area (Å²) in [4.78, 5) is 25.7. The molecule has 4 rings (SSSR count). The molecule has 0 bridgehead atoms. The standard InChI is InChI=1S/C24H20BrN3O2/c1-16-6-5-9-19(14-16)23(29)26-21-22(18-7-3-2-4-8-18)28(27-24(21)30)15-17-10-12-20(25)13-11-17/h2-15,21-22H,1H3,(H-,26,27,29,30)/p+1/b28-15-/t21-,22-/m0/s1. The quantitative estimate of drug-likeness (QED) is 0.579. The maximum absolute atomic E-state index is 12.9. The zero-order valence-electron chi connectivity index (χ0n) is 16.4. The van der Waals surface area contributed by atoms with E-state index < -0.39 is 6.04 Å². The van der Waals surface area contributed by atoms with Gasteiger partial charge in [0.05, 0.1) is 0 Å². The van der Waals surface area contributed by atoms with Gasteiger partial charge in [-0.2, -0.15) is 0 Å². The average molecular weight is 463 g/mol. The fourth-order valence-electron chi connectivity index (χ4n) is 3.55. The van der Waals surface area contributed by atoms with Crippen molar-refractivity contribution in [1.82, 2.24) is 10.7 Å². The molecule has 2 atom stereocenters. The predicted octanol–water partition coefficient (Wildman–Crippen LogP) is 3.77. The Kier molecular flexibility index (Phi) is 5.77. The monoisotopic (exact) mass is 462 g/mol. The minimum absolute atomic E-state index is 0.252. The highest BCUT2D eigenvalue weighted by molar-refractivity contribution is 9.10. The van der Waals surface area contributed by atoms with Crippen LogP contribution in [0.3, 0.4) is 0 Å². The molecule has 0 aromatic heterocycles. The minimum Gasteiger partial charge on any atom is -0.334 e. The first-order chi connectivity index (χ1) is 14.5. The van der Waals surface area contributed by atoms with Crippen molar-refractivity contribution >= 4 is 34.0 Å². The molecule has 5 nitrogen and oxygen atoms in total. The first kappa shape index (κ1) is 20.0. The summed E-state index contributed by atoms with van der Waals surface area (Å²) in [5.74, 6) is -0.525. The molecule has 150 valence electrons. The number of rotatable bonds is 4. The fraction of sp³-hybridized carbons (Fsp3) is 0.125. The van der Waals surface area contributed by atoms with E-state index in [1.165, 1.54) is 0 Å². The Morgan fingerprint density at radius 1 is 1.03 bits per heavy atom. The van der Waals surface area contributed by atoms with Crippen LogP contribution in [0, 0.1) is 6.92 Å². The molecule has 1 saturated heterocycles. The molecular weight excluding hydrogens is 442 g/mol. The van der Waals surface area contributed by atoms with Crippen LogP contribution in [0.1, 0.15) is 33.1 Å². The average Bonchev–Trinajstić information content (AvgIpc) is 3.05. The number of hydrazone groups is 1. The largest absolute Gasteiger partial charge is 0.334 e. The SMILES string of the molecule is Cc1cccc(C(=O)N[C@@H]2C(=O)N/[N+](=C\c3ccc(Br)cc3)[C@H]2c2ccccc2)c1. The van der Waals surface area contributed by atoms with Gasteiger partial charge in [0.15, 0.2) is 6.04 Å². The summed E-state index contributed by atoms with van der Waals surface area (Å²) in [7, 11) is 0. The summed E-state index contributed by atoms with van der Waals surface area (Å²) in [6.45, 7) is 1.93. The molecule has 1 heterocycles. The van der Waals surface area contributed by atoms with Crippen LogP contribution in [-0.4, -0.2) is 28.8 Å². The van der Waals surface area contributed by atoms with Crippen molar-refractivity contribution in [2.75, 3.05) is 0 Å². The van der Waals surface area contributed by atoms with E-state index in [-0.39, 0.29) is 17.9 Å². The van der Waals surface area contributed by atoms with E-state index >= 15 is 0 Å². The molecule has 30 heavy (non-hydrogen) atoms. The zero-order chi connectivity index (χ0) is 21.1. The Hall–Kier alpha value is -3.25. The Morgan fingerprint density at radius 2 is 1.77 bits per heavy atom. The lowest BCUT2D eigenvalue weighted by Gasteiger charge is -2.15. The predicted molar refractivity (Wildman–Crippen MR) is 119 cm³/mol. The number of carbonyl (C=O) groups excluding carboxylic acids is 2. The lowest BCUT2D eigenvalue weighted by molar-refractivity contribution is -0.596. The van der Waals surface area contributed by atoms with Crippen molar-refractivity contribution in [3.63, 3.8) is 0 Å². The van der Waals surface area contributed by atoms with E-state index in [4.69, 9.17) is 0 Å². The molecule has 0 saturated carbocycles. The number of hydrazine groups is 1. The van der Waals surface area contributed by atoms with Gasteiger partial charge in [-0.25, -0.2) is 0 Å². The summed E-state index contributed by atoms with van der Waals surface area (Å²) in [6, 6.07) is 23.7. The Bertz CT molecular complexity index is 1110. The topological polar surface area (TPSA) is 61.2 Å². The summed E-state index contributed by atoms with van der Waals surface area (Å²) < 4.78 is 2.75. The number of halogens is 1. The van der Waals surface area contributed by atoms with Gasteiger partial charge in [0.25, 0.3) is 5.91 Å². The second kappa shape index (κ2) is 8.63. The molecule has 0 unspecified atom stereocenters. The first-order valence-corrected chi connectivity index (χ1v) is 10.4. The van der Waals surface area contributed by atoms with E-state index in [1.54, 1.807) is 10.8 Å². The van der Waals surface area contributed by atoms with Gasteiger partial charge in [-0.3, -0.25) is 9.59 Å². The molecule has 0 radical (unpaired) electrons. The Morgan fingerprint density at radius 3 is 2.47 bits per heavy atom. The smallest absolute Gasteiger partial charge is 0.304 e. The van der Waals surface area contributed by atoms with E-state index in [9.17, 15) is 9.59 Å². The van der Waals surface area contributed by atoms with Crippen LogP contribution in [0.15, 0.2) is 83.3 Å². The lowest BCUT2D eigenvalue weighted by Crippen LogP contribution is -2.42. The molecule has 2 N–H and O–H groups in total. The van der Waals surface area contributed by atoms with Gasteiger partial charge in [0.2, 0.25) is 12.3 Å².